The van der Waals surface area contributed by atoms with Crippen molar-refractivity contribution in [1.82, 2.24) is 0 Å². The Hall–Kier alpha value is 1.94. The summed E-state index contributed by atoms with van der Waals surface area (Å²) in [6, 6.07) is 0. The van der Waals surface area contributed by atoms with Gasteiger partial charge in [0.1, 0.15) is 0 Å². The van der Waals surface area contributed by atoms with E-state index in [2.05, 4.69) is 51.3 Å². The van der Waals surface area contributed by atoms with Crippen LogP contribution in [-0.2, 0) is 23.6 Å². The Kier molecular flexibility index (Phi) is 37.4. The van der Waals surface area contributed by atoms with E-state index in [0.717, 1.165) is 0 Å². The van der Waals surface area contributed by atoms with Gasteiger partial charge >= 0.3 is 39.6 Å². The number of hydrogen-bond donors (Lipinski definition) is 6. The number of rotatable bonds is 0. The zero-order chi connectivity index (χ0) is 14.4. The molecule has 0 aliphatic heterocycles. The summed E-state index contributed by atoms with van der Waals surface area (Å²) in [7, 11) is 0. The third-order valence-corrected chi connectivity index (χ3v) is 0. The SMILES string of the molecule is CCC.CCC.OP(O)(O)=S.OP(O)(O)=S.[BiH3]. The first-order valence-electron chi connectivity index (χ1n) is 4.39. The molecule has 0 amide bonds. The number of hydrogen-bond acceptors (Lipinski definition) is 2. The Morgan fingerprint density at radius 2 is 0.647 bits per heavy atom. The maximum atomic E-state index is 7.56. The molecule has 11 heteroatoms. The van der Waals surface area contributed by atoms with Gasteiger partial charge in [0.2, 0.25) is 0 Å². The van der Waals surface area contributed by atoms with Gasteiger partial charge in [-0.2, -0.15) is 0 Å². The first kappa shape index (κ1) is 31.4. The summed E-state index contributed by atoms with van der Waals surface area (Å²) in [5, 5.41) is 0. The molecule has 0 aliphatic rings. The van der Waals surface area contributed by atoms with Gasteiger partial charge in [-0.15, -0.1) is 0 Å². The van der Waals surface area contributed by atoms with Crippen LogP contribution < -0.4 is 0 Å². The van der Waals surface area contributed by atoms with Crippen LogP contribution in [0, 0.1) is 0 Å². The second kappa shape index (κ2) is 20.3. The van der Waals surface area contributed by atoms with Gasteiger partial charge in [-0.3, -0.25) is 0 Å². The third-order valence-electron chi connectivity index (χ3n) is 0. The average molecular weight is 528 g/mol. The molecule has 0 heterocycles. The van der Waals surface area contributed by atoms with E-state index in [-0.39, 0.29) is 26.2 Å². The van der Waals surface area contributed by atoms with Crippen molar-refractivity contribution in [3.8, 4) is 0 Å². The second-order valence-corrected chi connectivity index (χ2v) is 7.43. The van der Waals surface area contributed by atoms with Crippen LogP contribution in [0.4, 0.5) is 0 Å². The fourth-order valence-electron chi connectivity index (χ4n) is 0. The topological polar surface area (TPSA) is 121 Å². The van der Waals surface area contributed by atoms with Gasteiger partial charge in [-0.25, -0.2) is 0 Å². The van der Waals surface area contributed by atoms with E-state index in [4.69, 9.17) is 29.4 Å². The third kappa shape index (κ3) is 1210. The summed E-state index contributed by atoms with van der Waals surface area (Å²) < 4.78 is 0. The molecule has 0 fully saturated rings. The summed E-state index contributed by atoms with van der Waals surface area (Å²) >= 11 is 7.21. The quantitative estimate of drug-likeness (QED) is 0.193. The van der Waals surface area contributed by atoms with Crippen molar-refractivity contribution in [3.63, 3.8) is 0 Å². The fourth-order valence-corrected chi connectivity index (χ4v) is 0. The van der Waals surface area contributed by atoms with Gasteiger partial charge in [0.05, 0.1) is 0 Å². The predicted molar refractivity (Wildman–Crippen MR) is 83.8 cm³/mol. The molecule has 0 saturated heterocycles. The van der Waals surface area contributed by atoms with Crippen molar-refractivity contribution in [2.45, 2.75) is 40.5 Å². The van der Waals surface area contributed by atoms with Gasteiger partial charge in [0.15, 0.2) is 0 Å². The summed E-state index contributed by atoms with van der Waals surface area (Å²) in [6.07, 6.45) is 2.50. The summed E-state index contributed by atoms with van der Waals surface area (Å²) in [5.74, 6) is 0. The van der Waals surface area contributed by atoms with E-state index < -0.39 is 13.4 Å². The van der Waals surface area contributed by atoms with Crippen molar-refractivity contribution in [3.05, 3.63) is 0 Å². The second-order valence-electron chi connectivity index (χ2n) is 2.44. The van der Waals surface area contributed by atoms with Gasteiger partial charge in [-0.05, 0) is 23.6 Å². The molecule has 0 aromatic heterocycles. The minimum absolute atomic E-state index is 0. The minimum atomic E-state index is -3.81. The van der Waals surface area contributed by atoms with Crippen LogP contribution in [0.2, 0.25) is 0 Å². The normalized spacial score (nSPS) is 9.06. The molecule has 0 bridgehead atoms. The van der Waals surface area contributed by atoms with Crippen LogP contribution in [0.25, 0.3) is 0 Å². The molecule has 6 N–H and O–H groups in total. The molecule has 0 unspecified atom stereocenters. The van der Waals surface area contributed by atoms with Gasteiger partial charge in [0.25, 0.3) is 0 Å². The van der Waals surface area contributed by atoms with Crippen molar-refractivity contribution < 1.29 is 29.4 Å². The first-order chi connectivity index (χ1) is 6.83. The van der Waals surface area contributed by atoms with Crippen LogP contribution in [0.1, 0.15) is 40.5 Å². The maximum absolute atomic E-state index is 7.56. The molecular formula is C6H25BiO6P2S2. The van der Waals surface area contributed by atoms with Crippen molar-refractivity contribution in [1.29, 1.82) is 0 Å². The summed E-state index contributed by atoms with van der Waals surface area (Å²) in [6.45, 7) is 0.889. The van der Waals surface area contributed by atoms with E-state index in [1.54, 1.807) is 0 Å². The van der Waals surface area contributed by atoms with E-state index in [9.17, 15) is 0 Å². The van der Waals surface area contributed by atoms with Crippen LogP contribution in [0.5, 0.6) is 0 Å². The van der Waals surface area contributed by atoms with Crippen LogP contribution in [-0.4, -0.2) is 55.6 Å². The van der Waals surface area contributed by atoms with Crippen LogP contribution in [0.3, 0.4) is 0 Å². The van der Waals surface area contributed by atoms with Crippen LogP contribution >= 0.6 is 13.4 Å². The molecule has 0 saturated carbocycles. The molecule has 0 aromatic rings. The first-order valence-corrected chi connectivity index (χ1v) is 9.71. The Morgan fingerprint density at radius 3 is 0.647 bits per heavy atom. The van der Waals surface area contributed by atoms with Gasteiger partial charge < -0.3 is 29.4 Å². The molecule has 0 spiro atoms. The van der Waals surface area contributed by atoms with Gasteiger partial charge in [-0.1, -0.05) is 40.5 Å². The zero-order valence-electron chi connectivity index (χ0n) is 10.5. The van der Waals surface area contributed by atoms with Crippen molar-refractivity contribution in [2.24, 2.45) is 0 Å². The van der Waals surface area contributed by atoms with E-state index in [1.807, 2.05) is 0 Å². The molecule has 0 atom stereocenters. The molecule has 0 aromatic carbocycles. The van der Waals surface area contributed by atoms with E-state index in [1.165, 1.54) is 12.8 Å². The molecular weight excluding hydrogens is 503 g/mol. The van der Waals surface area contributed by atoms with Gasteiger partial charge in [0, 0.05) is 0 Å². The molecule has 112 valence electrons. The molecule has 0 aliphatic carbocycles. The summed E-state index contributed by atoms with van der Waals surface area (Å²) in [4.78, 5) is 45.3. The molecule has 0 radical (unpaired) electrons. The Balaban J connectivity index is -0.0000000381. The summed E-state index contributed by atoms with van der Waals surface area (Å²) in [5.41, 5.74) is 0. The Labute approximate surface area is 132 Å². The standard InChI is InChI=1S/2C3H8.Bi.2H3O3PS.3H/c2*1-3-2;;2*1-4(2,3)5;;;/h2*3H2,1-2H3;;2*(H3,1,2,3,5);;;. The Bertz CT molecular complexity index is 168. The van der Waals surface area contributed by atoms with E-state index >= 15 is 0 Å². The average Bonchev–Trinajstić information content (AvgIpc) is 1.79. The van der Waals surface area contributed by atoms with Crippen LogP contribution in [0.15, 0.2) is 0 Å². The zero-order valence-corrected chi connectivity index (χ0v) is 19.4. The Morgan fingerprint density at radius 1 is 0.647 bits per heavy atom. The molecule has 17 heavy (non-hydrogen) atoms. The van der Waals surface area contributed by atoms with E-state index in [0.29, 0.717) is 0 Å². The molecule has 6 nitrogen and oxygen atoms in total. The fraction of sp³-hybridized carbons (Fsp3) is 1.00. The molecule has 0 rings (SSSR count). The van der Waals surface area contributed by atoms with Crippen molar-refractivity contribution in [2.75, 3.05) is 0 Å². The monoisotopic (exact) mass is 528 g/mol. The predicted octanol–water partition coefficient (Wildman–Crippen LogP) is 0.0243. The van der Waals surface area contributed by atoms with Crippen molar-refractivity contribution >= 4 is 63.3 Å².